The number of alkyl halides is 1. The van der Waals surface area contributed by atoms with E-state index >= 15 is 0 Å². The molecule has 0 aromatic carbocycles. The van der Waals surface area contributed by atoms with Crippen molar-refractivity contribution in [3.05, 3.63) is 0 Å². The predicted octanol–water partition coefficient (Wildman–Crippen LogP) is 0.407. The van der Waals surface area contributed by atoms with Crippen LogP contribution in [0, 0.1) is 0 Å². The zero-order valence-electron chi connectivity index (χ0n) is 5.88. The first-order chi connectivity index (χ1) is 4.91. The molecule has 0 rings (SSSR count). The molecule has 4 heteroatoms. The standard InChI is InChI=1S/C6H13BrO3/c7-1-3-9-5-6-10-4-2-8/h8H,1-6H2. The maximum Gasteiger partial charge on any atom is 0.0701 e. The lowest BCUT2D eigenvalue weighted by molar-refractivity contribution is 0.0379. The van der Waals surface area contributed by atoms with Crippen molar-refractivity contribution in [3.63, 3.8) is 0 Å². The maximum atomic E-state index is 8.30. The minimum Gasteiger partial charge on any atom is -0.394 e. The summed E-state index contributed by atoms with van der Waals surface area (Å²) < 4.78 is 10.0. The molecule has 0 heterocycles. The Labute approximate surface area is 69.5 Å². The van der Waals surface area contributed by atoms with Crippen LogP contribution in [0.2, 0.25) is 0 Å². The van der Waals surface area contributed by atoms with Gasteiger partial charge in [-0.25, -0.2) is 0 Å². The van der Waals surface area contributed by atoms with Gasteiger partial charge in [-0.2, -0.15) is 0 Å². The van der Waals surface area contributed by atoms with Crippen LogP contribution in [0.4, 0.5) is 0 Å². The second-order valence-electron chi connectivity index (χ2n) is 1.64. The number of aliphatic hydroxyl groups excluding tert-OH is 1. The van der Waals surface area contributed by atoms with Crippen molar-refractivity contribution in [2.45, 2.75) is 0 Å². The Balaban J connectivity index is 2.65. The summed E-state index contributed by atoms with van der Waals surface area (Å²) in [7, 11) is 0. The largest absolute Gasteiger partial charge is 0.394 e. The fraction of sp³-hybridized carbons (Fsp3) is 1.00. The van der Waals surface area contributed by atoms with Gasteiger partial charge in [-0.05, 0) is 0 Å². The summed E-state index contributed by atoms with van der Waals surface area (Å²) in [6.45, 7) is 2.36. The molecule has 0 fully saturated rings. The van der Waals surface area contributed by atoms with Gasteiger partial charge in [0, 0.05) is 5.33 Å². The Morgan fingerprint density at radius 3 is 2.10 bits per heavy atom. The van der Waals surface area contributed by atoms with Gasteiger partial charge < -0.3 is 14.6 Å². The Bertz CT molecular complexity index is 53.0. The first-order valence-electron chi connectivity index (χ1n) is 3.24. The second-order valence-corrected chi connectivity index (χ2v) is 2.43. The van der Waals surface area contributed by atoms with Crippen LogP contribution >= 0.6 is 15.9 Å². The van der Waals surface area contributed by atoms with Crippen molar-refractivity contribution in [1.82, 2.24) is 0 Å². The molecule has 3 nitrogen and oxygen atoms in total. The number of aliphatic hydroxyl groups is 1. The third-order valence-electron chi connectivity index (χ3n) is 0.829. The second kappa shape index (κ2) is 9.36. The van der Waals surface area contributed by atoms with Gasteiger partial charge in [0.05, 0.1) is 33.0 Å². The highest BCUT2D eigenvalue weighted by Gasteiger charge is 1.86. The summed E-state index contributed by atoms with van der Waals surface area (Å²) in [4.78, 5) is 0. The lowest BCUT2D eigenvalue weighted by Crippen LogP contribution is -2.08. The monoisotopic (exact) mass is 212 g/mol. The van der Waals surface area contributed by atoms with Gasteiger partial charge in [0.1, 0.15) is 0 Å². The van der Waals surface area contributed by atoms with Gasteiger partial charge in [0.15, 0.2) is 0 Å². The van der Waals surface area contributed by atoms with E-state index in [9.17, 15) is 0 Å². The van der Waals surface area contributed by atoms with Crippen LogP contribution in [0.1, 0.15) is 0 Å². The molecule has 0 aliphatic heterocycles. The van der Waals surface area contributed by atoms with Crippen molar-refractivity contribution in [3.8, 4) is 0 Å². The number of hydrogen-bond donors (Lipinski definition) is 1. The van der Waals surface area contributed by atoms with E-state index < -0.39 is 0 Å². The molecule has 0 aliphatic rings. The Kier molecular flexibility index (Phi) is 9.70. The molecule has 0 spiro atoms. The molecule has 0 saturated heterocycles. The Morgan fingerprint density at radius 1 is 1.00 bits per heavy atom. The van der Waals surface area contributed by atoms with Gasteiger partial charge in [-0.1, -0.05) is 15.9 Å². The molecule has 0 aromatic rings. The molecule has 10 heavy (non-hydrogen) atoms. The van der Waals surface area contributed by atoms with Crippen molar-refractivity contribution in [2.75, 3.05) is 38.4 Å². The highest BCUT2D eigenvalue weighted by atomic mass is 79.9. The molecule has 62 valence electrons. The molecule has 0 amide bonds. The van der Waals surface area contributed by atoms with E-state index in [1.807, 2.05) is 0 Å². The van der Waals surface area contributed by atoms with Crippen LogP contribution in [0.5, 0.6) is 0 Å². The molecule has 1 N–H and O–H groups in total. The lowest BCUT2D eigenvalue weighted by Gasteiger charge is -2.01. The molecule has 0 unspecified atom stereocenters. The normalized spacial score (nSPS) is 10.2. The minimum atomic E-state index is 0.0818. The van der Waals surface area contributed by atoms with Crippen LogP contribution in [0.15, 0.2) is 0 Å². The molecular weight excluding hydrogens is 200 g/mol. The van der Waals surface area contributed by atoms with Crippen molar-refractivity contribution >= 4 is 15.9 Å². The summed E-state index contributed by atoms with van der Waals surface area (Å²) >= 11 is 3.23. The maximum absolute atomic E-state index is 8.30. The van der Waals surface area contributed by atoms with E-state index in [2.05, 4.69) is 15.9 Å². The van der Waals surface area contributed by atoms with Crippen LogP contribution in [-0.4, -0.2) is 43.5 Å². The summed E-state index contributed by atoms with van der Waals surface area (Å²) in [6, 6.07) is 0. The molecule has 0 radical (unpaired) electrons. The zero-order chi connectivity index (χ0) is 7.66. The third kappa shape index (κ3) is 8.36. The van der Waals surface area contributed by atoms with E-state index in [1.165, 1.54) is 0 Å². The smallest absolute Gasteiger partial charge is 0.0701 e. The van der Waals surface area contributed by atoms with Gasteiger partial charge in [0.2, 0.25) is 0 Å². The van der Waals surface area contributed by atoms with E-state index in [-0.39, 0.29) is 6.61 Å². The summed E-state index contributed by atoms with van der Waals surface area (Å²) in [5.74, 6) is 0. The first-order valence-corrected chi connectivity index (χ1v) is 4.36. The quantitative estimate of drug-likeness (QED) is 0.491. The van der Waals surface area contributed by atoms with Crippen LogP contribution in [0.25, 0.3) is 0 Å². The first kappa shape index (κ1) is 10.4. The number of rotatable bonds is 7. The topological polar surface area (TPSA) is 38.7 Å². The SMILES string of the molecule is OCCOCCOCCBr. The predicted molar refractivity (Wildman–Crippen MR) is 42.5 cm³/mol. The fourth-order valence-electron chi connectivity index (χ4n) is 0.441. The molecule has 0 bridgehead atoms. The van der Waals surface area contributed by atoms with E-state index in [1.54, 1.807) is 0 Å². The summed E-state index contributed by atoms with van der Waals surface area (Å²) in [5, 5.41) is 9.15. The van der Waals surface area contributed by atoms with Gasteiger partial charge in [-0.15, -0.1) is 0 Å². The Hall–Kier alpha value is 0.360. The van der Waals surface area contributed by atoms with Gasteiger partial charge >= 0.3 is 0 Å². The van der Waals surface area contributed by atoms with E-state index in [0.29, 0.717) is 26.4 Å². The average molecular weight is 213 g/mol. The molecule has 0 aliphatic carbocycles. The molecule has 0 atom stereocenters. The minimum absolute atomic E-state index is 0.0818. The van der Waals surface area contributed by atoms with Crippen LogP contribution < -0.4 is 0 Å². The lowest BCUT2D eigenvalue weighted by atomic mass is 10.7. The average Bonchev–Trinajstić information content (AvgIpc) is 1.97. The molecule has 0 aromatic heterocycles. The van der Waals surface area contributed by atoms with Crippen molar-refractivity contribution in [1.29, 1.82) is 0 Å². The number of ether oxygens (including phenoxy) is 2. The Morgan fingerprint density at radius 2 is 1.60 bits per heavy atom. The fourth-order valence-corrected chi connectivity index (χ4v) is 0.670. The summed E-state index contributed by atoms with van der Waals surface area (Å²) in [6.07, 6.45) is 0. The number of halogens is 1. The highest BCUT2D eigenvalue weighted by Crippen LogP contribution is 1.82. The van der Waals surface area contributed by atoms with E-state index in [4.69, 9.17) is 14.6 Å². The molecular formula is C6H13BrO3. The summed E-state index contributed by atoms with van der Waals surface area (Å²) in [5.41, 5.74) is 0. The number of hydrogen-bond acceptors (Lipinski definition) is 3. The van der Waals surface area contributed by atoms with Gasteiger partial charge in [0.25, 0.3) is 0 Å². The third-order valence-corrected chi connectivity index (χ3v) is 1.15. The van der Waals surface area contributed by atoms with Crippen molar-refractivity contribution in [2.24, 2.45) is 0 Å². The van der Waals surface area contributed by atoms with E-state index in [0.717, 1.165) is 5.33 Å². The van der Waals surface area contributed by atoms with Crippen molar-refractivity contribution < 1.29 is 14.6 Å². The van der Waals surface area contributed by atoms with Crippen LogP contribution in [-0.2, 0) is 9.47 Å². The van der Waals surface area contributed by atoms with Gasteiger partial charge in [-0.3, -0.25) is 0 Å². The van der Waals surface area contributed by atoms with Crippen LogP contribution in [0.3, 0.4) is 0 Å². The highest BCUT2D eigenvalue weighted by molar-refractivity contribution is 9.09. The molecule has 0 saturated carbocycles. The zero-order valence-corrected chi connectivity index (χ0v) is 7.47.